The Labute approximate surface area is 179 Å². The zero-order chi connectivity index (χ0) is 20.5. The number of nitrogens with zero attached hydrogens (tertiary/aromatic N) is 2. The van der Waals surface area contributed by atoms with Crippen LogP contribution >= 0.6 is 34.3 Å². The molecule has 8 heteroatoms. The molecule has 2 aromatic heterocycles. The summed E-state index contributed by atoms with van der Waals surface area (Å²) in [6.07, 6.45) is 1.76. The lowest BCUT2D eigenvalue weighted by molar-refractivity contribution is -0.139. The van der Waals surface area contributed by atoms with Gasteiger partial charge in [0.1, 0.15) is 6.04 Å². The first kappa shape index (κ1) is 19.8. The van der Waals surface area contributed by atoms with Crippen LogP contribution in [0.5, 0.6) is 0 Å². The summed E-state index contributed by atoms with van der Waals surface area (Å²) in [4.78, 5) is 32.0. The average molecular weight is 445 g/mol. The Hall–Kier alpha value is -2.48. The third-order valence-electron chi connectivity index (χ3n) is 4.52. The number of halogens is 1. The highest BCUT2D eigenvalue weighted by Crippen LogP contribution is 2.33. The van der Waals surface area contributed by atoms with Gasteiger partial charge >= 0.3 is 5.97 Å². The van der Waals surface area contributed by atoms with Crippen LogP contribution in [0.1, 0.15) is 30.3 Å². The number of ether oxygens (including phenoxy) is 1. The predicted octanol–water partition coefficient (Wildman–Crippen LogP) is 3.51. The first-order chi connectivity index (χ1) is 14.0. The number of hydrogen-bond donors (Lipinski definition) is 0. The summed E-state index contributed by atoms with van der Waals surface area (Å²) in [6.45, 7) is 3.79. The predicted molar refractivity (Wildman–Crippen MR) is 116 cm³/mol. The summed E-state index contributed by atoms with van der Waals surface area (Å²) in [5, 5.41) is 2.49. The molecule has 148 valence electrons. The van der Waals surface area contributed by atoms with E-state index in [1.54, 1.807) is 30.6 Å². The van der Waals surface area contributed by atoms with Crippen LogP contribution in [0.15, 0.2) is 62.8 Å². The molecule has 0 radical (unpaired) electrons. The Balaban J connectivity index is 1.96. The molecule has 5 nitrogen and oxygen atoms in total. The average Bonchev–Trinajstić information content (AvgIpc) is 3.32. The van der Waals surface area contributed by atoms with Crippen molar-refractivity contribution in [2.24, 2.45) is 4.99 Å². The van der Waals surface area contributed by atoms with Crippen LogP contribution in [-0.4, -0.2) is 17.1 Å². The number of esters is 1. The minimum absolute atomic E-state index is 0.207. The summed E-state index contributed by atoms with van der Waals surface area (Å²) in [5.74, 6) is -0.451. The zero-order valence-corrected chi connectivity index (χ0v) is 18.1. The second-order valence-corrected chi connectivity index (χ2v) is 8.73. The van der Waals surface area contributed by atoms with E-state index < -0.39 is 12.0 Å². The maximum atomic E-state index is 13.3. The number of benzene rings is 1. The monoisotopic (exact) mass is 444 g/mol. The van der Waals surface area contributed by atoms with E-state index >= 15 is 0 Å². The number of fused-ring (bicyclic) bond motifs is 1. The Morgan fingerprint density at radius 2 is 2.10 bits per heavy atom. The van der Waals surface area contributed by atoms with E-state index in [-0.39, 0.29) is 12.2 Å². The molecule has 0 saturated carbocycles. The standard InChI is InChI=1S/C21H17ClN2O3S2/c1-3-27-20(26)17-12(2)23-21-24(18(17)15-9-6-10-28-15)19(25)16(29-21)11-13-7-4-5-8-14(13)22/h4-11,18H,3H2,1-2H3/b16-11-/t18-/m0/s1. The van der Waals surface area contributed by atoms with Crippen LogP contribution in [0.4, 0.5) is 0 Å². The van der Waals surface area contributed by atoms with Gasteiger partial charge in [-0.1, -0.05) is 47.2 Å². The van der Waals surface area contributed by atoms with Crippen molar-refractivity contribution in [1.82, 2.24) is 4.57 Å². The molecule has 0 amide bonds. The van der Waals surface area contributed by atoms with Gasteiger partial charge in [0.05, 0.1) is 22.4 Å². The van der Waals surface area contributed by atoms with E-state index in [9.17, 15) is 9.59 Å². The Kier molecular flexibility index (Phi) is 5.54. The van der Waals surface area contributed by atoms with Crippen molar-refractivity contribution in [3.63, 3.8) is 0 Å². The molecule has 0 unspecified atom stereocenters. The number of allylic oxidation sites excluding steroid dienone is 1. The molecule has 1 aliphatic heterocycles. The lowest BCUT2D eigenvalue weighted by atomic mass is 10.0. The molecule has 4 rings (SSSR count). The van der Waals surface area contributed by atoms with Crippen molar-refractivity contribution in [1.29, 1.82) is 0 Å². The van der Waals surface area contributed by atoms with Gasteiger partial charge in [-0.2, -0.15) is 0 Å². The minimum atomic E-state index is -0.557. The van der Waals surface area contributed by atoms with Crippen molar-refractivity contribution in [3.8, 4) is 0 Å². The van der Waals surface area contributed by atoms with Crippen molar-refractivity contribution in [2.45, 2.75) is 19.9 Å². The van der Waals surface area contributed by atoms with Gasteiger partial charge in [0.2, 0.25) is 0 Å². The van der Waals surface area contributed by atoms with Gasteiger partial charge in [-0.3, -0.25) is 9.36 Å². The molecule has 0 N–H and O–H groups in total. The second kappa shape index (κ2) is 8.10. The summed E-state index contributed by atoms with van der Waals surface area (Å²) in [5.41, 5.74) is 1.51. The summed E-state index contributed by atoms with van der Waals surface area (Å²) < 4.78 is 7.36. The first-order valence-corrected chi connectivity index (χ1v) is 11.1. The van der Waals surface area contributed by atoms with Crippen LogP contribution in [0.2, 0.25) is 5.02 Å². The van der Waals surface area contributed by atoms with E-state index in [1.807, 2.05) is 35.7 Å². The van der Waals surface area contributed by atoms with Crippen LogP contribution in [0.25, 0.3) is 6.08 Å². The van der Waals surface area contributed by atoms with Crippen molar-refractivity contribution in [3.05, 3.63) is 88.2 Å². The number of rotatable bonds is 4. The topological polar surface area (TPSA) is 60.7 Å². The Bertz CT molecular complexity index is 1290. The number of aromatic nitrogens is 1. The molecule has 0 bridgehead atoms. The summed E-state index contributed by atoms with van der Waals surface area (Å²) in [7, 11) is 0. The molecule has 3 aromatic rings. The fourth-order valence-corrected chi connectivity index (χ4v) is 5.29. The minimum Gasteiger partial charge on any atom is -0.463 e. The van der Waals surface area contributed by atoms with E-state index in [0.29, 0.717) is 25.6 Å². The van der Waals surface area contributed by atoms with Gasteiger partial charge in [0.25, 0.3) is 5.56 Å². The van der Waals surface area contributed by atoms with Gasteiger partial charge in [0.15, 0.2) is 4.80 Å². The van der Waals surface area contributed by atoms with Crippen LogP contribution in [0.3, 0.4) is 0 Å². The van der Waals surface area contributed by atoms with E-state index in [1.165, 1.54) is 22.7 Å². The summed E-state index contributed by atoms with van der Waals surface area (Å²) >= 11 is 9.03. The molecule has 1 aromatic carbocycles. The third-order valence-corrected chi connectivity index (χ3v) is 6.77. The SMILES string of the molecule is CCOC(=O)C1=C(C)N=c2s/c(=C\c3ccccc3Cl)c(=O)n2[C@H]1c1cccs1. The highest BCUT2D eigenvalue weighted by molar-refractivity contribution is 7.10. The molecule has 29 heavy (non-hydrogen) atoms. The zero-order valence-electron chi connectivity index (χ0n) is 15.7. The highest BCUT2D eigenvalue weighted by Gasteiger charge is 2.33. The summed E-state index contributed by atoms with van der Waals surface area (Å²) in [6, 6.07) is 10.6. The molecule has 0 spiro atoms. The van der Waals surface area contributed by atoms with Gasteiger partial charge in [-0.05, 0) is 43.0 Å². The molecule has 3 heterocycles. The molecule has 0 aliphatic carbocycles. The van der Waals surface area contributed by atoms with Crippen LogP contribution in [-0.2, 0) is 9.53 Å². The molecule has 1 aliphatic rings. The number of thiazole rings is 1. The van der Waals surface area contributed by atoms with Crippen LogP contribution < -0.4 is 14.9 Å². The maximum absolute atomic E-state index is 13.3. The number of carbonyl (C=O) groups excluding carboxylic acids is 1. The number of hydrogen-bond acceptors (Lipinski definition) is 6. The fraction of sp³-hybridized carbons (Fsp3) is 0.190. The number of thiophene rings is 1. The molecule has 0 fully saturated rings. The van der Waals surface area contributed by atoms with Crippen LogP contribution in [0, 0.1) is 0 Å². The molecule has 1 atom stereocenters. The smallest absolute Gasteiger partial charge is 0.338 e. The maximum Gasteiger partial charge on any atom is 0.338 e. The number of carbonyl (C=O) groups is 1. The van der Waals surface area contributed by atoms with Gasteiger partial charge in [-0.15, -0.1) is 11.3 Å². The quantitative estimate of drug-likeness (QED) is 0.578. The van der Waals surface area contributed by atoms with Gasteiger partial charge in [-0.25, -0.2) is 9.79 Å². The van der Waals surface area contributed by atoms with E-state index in [0.717, 1.165) is 10.4 Å². The van der Waals surface area contributed by atoms with Crippen molar-refractivity contribution >= 4 is 46.3 Å². The third kappa shape index (κ3) is 3.61. The van der Waals surface area contributed by atoms with Crippen molar-refractivity contribution < 1.29 is 9.53 Å². The largest absolute Gasteiger partial charge is 0.463 e. The van der Waals surface area contributed by atoms with Crippen molar-refractivity contribution in [2.75, 3.05) is 6.61 Å². The van der Waals surface area contributed by atoms with Gasteiger partial charge < -0.3 is 4.74 Å². The molecule has 0 saturated heterocycles. The Morgan fingerprint density at radius 3 is 2.79 bits per heavy atom. The second-order valence-electron chi connectivity index (χ2n) is 6.34. The first-order valence-electron chi connectivity index (χ1n) is 8.99. The molecular formula is C21H17ClN2O3S2. The van der Waals surface area contributed by atoms with Gasteiger partial charge in [0, 0.05) is 9.90 Å². The highest BCUT2D eigenvalue weighted by atomic mass is 35.5. The van der Waals surface area contributed by atoms with E-state index in [4.69, 9.17) is 16.3 Å². The molecular weight excluding hydrogens is 428 g/mol. The fourth-order valence-electron chi connectivity index (χ4n) is 3.24. The lowest BCUT2D eigenvalue weighted by Gasteiger charge is -2.23. The Morgan fingerprint density at radius 1 is 1.31 bits per heavy atom. The lowest BCUT2D eigenvalue weighted by Crippen LogP contribution is -2.39. The van der Waals surface area contributed by atoms with E-state index in [2.05, 4.69) is 4.99 Å². The normalized spacial score (nSPS) is 16.5.